The number of amides is 1. The van der Waals surface area contributed by atoms with E-state index in [1.807, 2.05) is 13.0 Å². The highest BCUT2D eigenvalue weighted by atomic mass is 16.3. The van der Waals surface area contributed by atoms with Crippen molar-refractivity contribution >= 4 is 23.2 Å². The SMILES string of the molecule is CNC(=O)c1nn(C)cc1Nc1nccc(-c2cc(C#N)c3c(c2)[C@@](C)(CO)CN3)n1. The molecule has 0 bridgehead atoms. The molecule has 4 rings (SSSR count). The average Bonchev–Trinajstić information content (AvgIpc) is 3.32. The smallest absolute Gasteiger partial charge is 0.273 e. The van der Waals surface area contributed by atoms with E-state index in [1.54, 1.807) is 31.6 Å². The Hall–Kier alpha value is -3.97. The first-order chi connectivity index (χ1) is 14.9. The molecule has 3 aromatic rings. The summed E-state index contributed by atoms with van der Waals surface area (Å²) in [5.74, 6) is -0.0370. The third kappa shape index (κ3) is 3.55. The third-order valence-electron chi connectivity index (χ3n) is 5.38. The number of nitrogens with one attached hydrogen (secondary N) is 3. The summed E-state index contributed by atoms with van der Waals surface area (Å²) in [4.78, 5) is 20.9. The monoisotopic (exact) mass is 418 g/mol. The zero-order chi connectivity index (χ0) is 22.2. The van der Waals surface area contributed by atoms with Crippen LogP contribution in [0.5, 0.6) is 0 Å². The molecule has 0 aliphatic carbocycles. The Labute approximate surface area is 179 Å². The lowest BCUT2D eigenvalue weighted by Crippen LogP contribution is -2.28. The number of aliphatic hydroxyl groups is 1. The van der Waals surface area contributed by atoms with Crippen molar-refractivity contribution in [1.82, 2.24) is 25.1 Å². The van der Waals surface area contributed by atoms with Crippen LogP contribution in [0.25, 0.3) is 11.3 Å². The first kappa shape index (κ1) is 20.3. The van der Waals surface area contributed by atoms with Gasteiger partial charge in [0.05, 0.1) is 29.2 Å². The van der Waals surface area contributed by atoms with Crippen LogP contribution in [-0.2, 0) is 12.5 Å². The highest BCUT2D eigenvalue weighted by molar-refractivity contribution is 5.97. The van der Waals surface area contributed by atoms with Gasteiger partial charge in [-0.2, -0.15) is 10.4 Å². The van der Waals surface area contributed by atoms with Gasteiger partial charge in [0.15, 0.2) is 5.69 Å². The van der Waals surface area contributed by atoms with Crippen molar-refractivity contribution in [2.45, 2.75) is 12.3 Å². The maximum Gasteiger partial charge on any atom is 0.273 e. The van der Waals surface area contributed by atoms with E-state index in [2.05, 4.69) is 37.1 Å². The van der Waals surface area contributed by atoms with Crippen molar-refractivity contribution < 1.29 is 9.90 Å². The molecule has 2 aromatic heterocycles. The molecule has 158 valence electrons. The van der Waals surface area contributed by atoms with E-state index in [9.17, 15) is 15.2 Å². The molecule has 10 nitrogen and oxygen atoms in total. The molecule has 1 amide bonds. The van der Waals surface area contributed by atoms with Crippen LogP contribution in [0.2, 0.25) is 0 Å². The average molecular weight is 418 g/mol. The minimum atomic E-state index is -0.483. The van der Waals surface area contributed by atoms with Crippen LogP contribution in [-0.4, -0.2) is 51.0 Å². The largest absolute Gasteiger partial charge is 0.395 e. The maximum atomic E-state index is 12.1. The van der Waals surface area contributed by atoms with Crippen molar-refractivity contribution in [2.24, 2.45) is 7.05 Å². The summed E-state index contributed by atoms with van der Waals surface area (Å²) in [6.07, 6.45) is 3.27. The van der Waals surface area contributed by atoms with Gasteiger partial charge in [-0.3, -0.25) is 9.48 Å². The molecule has 1 atom stereocenters. The molecule has 3 heterocycles. The summed E-state index contributed by atoms with van der Waals surface area (Å²) in [5, 5.41) is 32.5. The number of carbonyl (C=O) groups excluding carboxylic acids is 1. The van der Waals surface area contributed by atoms with Crippen LogP contribution < -0.4 is 16.0 Å². The maximum absolute atomic E-state index is 12.1. The normalized spacial score (nSPS) is 16.9. The lowest BCUT2D eigenvalue weighted by molar-refractivity contribution is 0.0958. The van der Waals surface area contributed by atoms with Gasteiger partial charge in [-0.15, -0.1) is 0 Å². The molecule has 0 radical (unpaired) electrons. The molecule has 0 saturated carbocycles. The van der Waals surface area contributed by atoms with E-state index in [1.165, 1.54) is 11.7 Å². The van der Waals surface area contributed by atoms with Crippen molar-refractivity contribution in [2.75, 3.05) is 30.8 Å². The molecule has 1 aromatic carbocycles. The quantitative estimate of drug-likeness (QED) is 0.489. The fourth-order valence-corrected chi connectivity index (χ4v) is 3.63. The van der Waals surface area contributed by atoms with Gasteiger partial charge in [0.2, 0.25) is 5.95 Å². The highest BCUT2D eigenvalue weighted by Gasteiger charge is 2.36. The minimum Gasteiger partial charge on any atom is -0.395 e. The van der Waals surface area contributed by atoms with E-state index in [0.717, 1.165) is 16.8 Å². The highest BCUT2D eigenvalue weighted by Crippen LogP contribution is 2.41. The fraction of sp³-hybridized carbons (Fsp3) is 0.286. The molecule has 0 unspecified atom stereocenters. The minimum absolute atomic E-state index is 0.0405. The van der Waals surface area contributed by atoms with Gasteiger partial charge in [0.1, 0.15) is 6.07 Å². The number of hydrogen-bond donors (Lipinski definition) is 4. The number of aryl methyl sites for hydroxylation is 1. The van der Waals surface area contributed by atoms with Gasteiger partial charge < -0.3 is 21.1 Å². The third-order valence-corrected chi connectivity index (χ3v) is 5.38. The Bertz CT molecular complexity index is 1210. The van der Waals surface area contributed by atoms with Gasteiger partial charge in [-0.25, -0.2) is 9.97 Å². The van der Waals surface area contributed by atoms with E-state index in [-0.39, 0.29) is 24.2 Å². The summed E-state index contributed by atoms with van der Waals surface area (Å²) in [5.41, 5.74) is 3.69. The topological polar surface area (TPSA) is 141 Å². The molecule has 0 fully saturated rings. The summed E-state index contributed by atoms with van der Waals surface area (Å²) >= 11 is 0. The van der Waals surface area contributed by atoms with Crippen LogP contribution in [0.3, 0.4) is 0 Å². The summed E-state index contributed by atoms with van der Waals surface area (Å²) in [6.45, 7) is 2.46. The standard InChI is InChI=1S/C21H22N8O2/c1-21(11-30)10-25-17-13(8-22)6-12(7-14(17)21)15-4-5-24-20(26-15)27-16-9-29(3)28-18(16)19(31)23-2/h4-7,9,25,30H,10-11H2,1-3H3,(H,23,31)(H,24,26,27)/t21-/m1/s1. The van der Waals surface area contributed by atoms with E-state index >= 15 is 0 Å². The zero-order valence-electron chi connectivity index (χ0n) is 17.4. The Morgan fingerprint density at radius 2 is 2.26 bits per heavy atom. The molecular weight excluding hydrogens is 396 g/mol. The number of anilines is 3. The van der Waals surface area contributed by atoms with Crippen LogP contribution in [0.4, 0.5) is 17.3 Å². The van der Waals surface area contributed by atoms with Gasteiger partial charge in [-0.1, -0.05) is 6.92 Å². The zero-order valence-corrected chi connectivity index (χ0v) is 17.4. The summed E-state index contributed by atoms with van der Waals surface area (Å²) < 4.78 is 1.53. The van der Waals surface area contributed by atoms with Gasteiger partial charge in [0, 0.05) is 44.0 Å². The van der Waals surface area contributed by atoms with E-state index in [0.29, 0.717) is 23.5 Å². The number of hydrogen-bond acceptors (Lipinski definition) is 8. The summed E-state index contributed by atoms with van der Waals surface area (Å²) in [7, 11) is 3.25. The van der Waals surface area contributed by atoms with E-state index in [4.69, 9.17) is 0 Å². The summed E-state index contributed by atoms with van der Waals surface area (Å²) in [6, 6.07) is 7.68. The molecule has 4 N–H and O–H groups in total. The Kier molecular flexibility index (Phi) is 5.04. The van der Waals surface area contributed by atoms with Gasteiger partial charge >= 0.3 is 0 Å². The number of aromatic nitrogens is 4. The lowest BCUT2D eigenvalue weighted by Gasteiger charge is -2.21. The Morgan fingerprint density at radius 3 is 2.97 bits per heavy atom. The number of fused-ring (bicyclic) bond motifs is 1. The van der Waals surface area contributed by atoms with Crippen molar-refractivity contribution in [3.8, 4) is 17.3 Å². The predicted octanol–water partition coefficient (Wildman–Crippen LogP) is 1.53. The number of carbonyl (C=O) groups is 1. The number of benzene rings is 1. The Morgan fingerprint density at radius 1 is 1.45 bits per heavy atom. The second-order valence-corrected chi connectivity index (χ2v) is 7.67. The molecule has 0 saturated heterocycles. The van der Waals surface area contributed by atoms with Crippen LogP contribution in [0, 0.1) is 11.3 Å². The van der Waals surface area contributed by atoms with E-state index < -0.39 is 5.41 Å². The fourth-order valence-electron chi connectivity index (χ4n) is 3.63. The predicted molar refractivity (Wildman–Crippen MR) is 115 cm³/mol. The molecule has 1 aliphatic heterocycles. The number of nitriles is 1. The first-order valence-corrected chi connectivity index (χ1v) is 9.68. The Balaban J connectivity index is 1.73. The number of rotatable bonds is 5. The second-order valence-electron chi connectivity index (χ2n) is 7.67. The van der Waals surface area contributed by atoms with Gasteiger partial charge in [0.25, 0.3) is 5.91 Å². The van der Waals surface area contributed by atoms with Crippen molar-refractivity contribution in [1.29, 1.82) is 5.26 Å². The van der Waals surface area contributed by atoms with Crippen LogP contribution in [0.15, 0.2) is 30.6 Å². The van der Waals surface area contributed by atoms with Crippen LogP contribution >= 0.6 is 0 Å². The van der Waals surface area contributed by atoms with Crippen molar-refractivity contribution in [3.63, 3.8) is 0 Å². The lowest BCUT2D eigenvalue weighted by atomic mass is 9.83. The first-order valence-electron chi connectivity index (χ1n) is 9.68. The number of nitrogens with zero attached hydrogens (tertiary/aromatic N) is 5. The molecule has 0 spiro atoms. The number of aliphatic hydroxyl groups excluding tert-OH is 1. The van der Waals surface area contributed by atoms with Crippen LogP contribution in [0.1, 0.15) is 28.5 Å². The van der Waals surface area contributed by atoms with Gasteiger partial charge in [-0.05, 0) is 23.8 Å². The van der Waals surface area contributed by atoms with Crippen molar-refractivity contribution in [3.05, 3.63) is 47.4 Å². The second kappa shape index (κ2) is 7.70. The molecular formula is C21H22N8O2. The molecule has 31 heavy (non-hydrogen) atoms. The molecule has 1 aliphatic rings. The molecule has 10 heteroatoms.